The molecule has 1 N–H and O–H groups in total. The molecule has 1 aromatic rings. The Balaban J connectivity index is 2.14. The number of benzene rings is 1. The van der Waals surface area contributed by atoms with Crippen LogP contribution in [0.15, 0.2) is 18.2 Å². The molecule has 0 radical (unpaired) electrons. The van der Waals surface area contributed by atoms with E-state index in [-0.39, 0.29) is 17.9 Å². The summed E-state index contributed by atoms with van der Waals surface area (Å²) >= 11 is 0. The van der Waals surface area contributed by atoms with Gasteiger partial charge in [0.25, 0.3) is 0 Å². The number of methoxy groups -OCH3 is 2. The fourth-order valence-corrected chi connectivity index (χ4v) is 2.13. The molecule has 1 atom stereocenters. The van der Waals surface area contributed by atoms with Crippen molar-refractivity contribution in [1.29, 1.82) is 0 Å². The molecule has 0 aromatic heterocycles. The van der Waals surface area contributed by atoms with Gasteiger partial charge < -0.3 is 14.8 Å². The molecule has 19 heavy (non-hydrogen) atoms. The molecule has 1 saturated carbocycles. The summed E-state index contributed by atoms with van der Waals surface area (Å²) in [4.78, 5) is 11.9. The van der Waals surface area contributed by atoms with Crippen molar-refractivity contribution in [3.05, 3.63) is 23.8 Å². The van der Waals surface area contributed by atoms with Gasteiger partial charge in [0.05, 0.1) is 20.3 Å². The number of hydrogen-bond donors (Lipinski definition) is 1. The van der Waals surface area contributed by atoms with E-state index in [0.717, 1.165) is 24.8 Å². The van der Waals surface area contributed by atoms with Gasteiger partial charge in [-0.05, 0) is 37.0 Å². The second kappa shape index (κ2) is 5.95. The van der Waals surface area contributed by atoms with E-state index in [1.54, 1.807) is 14.2 Å². The van der Waals surface area contributed by atoms with Gasteiger partial charge in [0.15, 0.2) is 11.5 Å². The molecule has 0 aliphatic heterocycles. The van der Waals surface area contributed by atoms with E-state index in [4.69, 9.17) is 9.47 Å². The number of carbonyl (C=O) groups excluding carboxylic acids is 1. The molecule has 0 saturated heterocycles. The molecule has 0 heterocycles. The maximum Gasteiger partial charge on any atom is 0.223 e. The van der Waals surface area contributed by atoms with Crippen molar-refractivity contribution in [3.63, 3.8) is 0 Å². The number of ether oxygens (including phenoxy) is 2. The summed E-state index contributed by atoms with van der Waals surface area (Å²) < 4.78 is 10.5. The molecule has 0 bridgehead atoms. The van der Waals surface area contributed by atoms with Crippen molar-refractivity contribution in [2.45, 2.75) is 32.2 Å². The van der Waals surface area contributed by atoms with Crippen LogP contribution in [0.25, 0.3) is 0 Å². The third-order valence-electron chi connectivity index (χ3n) is 3.48. The van der Waals surface area contributed by atoms with Crippen molar-refractivity contribution < 1.29 is 14.3 Å². The Kier molecular flexibility index (Phi) is 4.30. The van der Waals surface area contributed by atoms with Crippen LogP contribution >= 0.6 is 0 Å². The van der Waals surface area contributed by atoms with E-state index in [9.17, 15) is 4.79 Å². The van der Waals surface area contributed by atoms with E-state index in [0.29, 0.717) is 11.5 Å². The van der Waals surface area contributed by atoms with E-state index in [2.05, 4.69) is 12.2 Å². The summed E-state index contributed by atoms with van der Waals surface area (Å²) in [5.74, 6) is 1.80. The van der Waals surface area contributed by atoms with Crippen LogP contribution in [-0.4, -0.2) is 20.1 Å². The second-order valence-electron chi connectivity index (χ2n) is 4.86. The van der Waals surface area contributed by atoms with E-state index < -0.39 is 0 Å². The normalized spacial score (nSPS) is 15.7. The fraction of sp³-hybridized carbons (Fsp3) is 0.533. The minimum Gasteiger partial charge on any atom is -0.493 e. The molecule has 2 rings (SSSR count). The second-order valence-corrected chi connectivity index (χ2v) is 4.86. The van der Waals surface area contributed by atoms with E-state index in [1.807, 2.05) is 18.2 Å². The number of carbonyl (C=O) groups is 1. The van der Waals surface area contributed by atoms with Gasteiger partial charge in [0, 0.05) is 5.92 Å². The first-order valence-electron chi connectivity index (χ1n) is 6.71. The molecule has 1 fully saturated rings. The van der Waals surface area contributed by atoms with Gasteiger partial charge in [-0.3, -0.25) is 4.79 Å². The van der Waals surface area contributed by atoms with Crippen molar-refractivity contribution in [1.82, 2.24) is 5.32 Å². The minimum atomic E-state index is 0.0351. The Labute approximate surface area is 114 Å². The fourth-order valence-electron chi connectivity index (χ4n) is 2.13. The molecule has 1 aliphatic rings. The van der Waals surface area contributed by atoms with Crippen LogP contribution in [0.1, 0.15) is 37.8 Å². The predicted octanol–water partition coefficient (Wildman–Crippen LogP) is 2.68. The third-order valence-corrected chi connectivity index (χ3v) is 3.48. The average molecular weight is 263 g/mol. The lowest BCUT2D eigenvalue weighted by Gasteiger charge is -2.19. The molecular formula is C15H21NO3. The van der Waals surface area contributed by atoms with Crippen molar-refractivity contribution >= 4 is 5.91 Å². The summed E-state index contributed by atoms with van der Waals surface area (Å²) in [6.07, 6.45) is 2.90. The number of rotatable bonds is 6. The Morgan fingerprint density at radius 3 is 2.53 bits per heavy atom. The zero-order valence-electron chi connectivity index (χ0n) is 11.7. The van der Waals surface area contributed by atoms with Crippen molar-refractivity contribution in [3.8, 4) is 11.5 Å². The monoisotopic (exact) mass is 263 g/mol. The van der Waals surface area contributed by atoms with Gasteiger partial charge in [-0.15, -0.1) is 0 Å². The summed E-state index contributed by atoms with van der Waals surface area (Å²) in [5, 5.41) is 3.10. The molecule has 1 aromatic carbocycles. The Bertz CT molecular complexity index is 455. The minimum absolute atomic E-state index is 0.0351. The Hall–Kier alpha value is -1.71. The highest BCUT2D eigenvalue weighted by molar-refractivity contribution is 5.81. The van der Waals surface area contributed by atoms with E-state index in [1.165, 1.54) is 0 Å². The molecule has 1 aliphatic carbocycles. The quantitative estimate of drug-likeness (QED) is 0.858. The predicted molar refractivity (Wildman–Crippen MR) is 73.4 cm³/mol. The highest BCUT2D eigenvalue weighted by atomic mass is 16.5. The molecular weight excluding hydrogens is 242 g/mol. The van der Waals surface area contributed by atoms with Gasteiger partial charge in [-0.1, -0.05) is 13.0 Å². The standard InChI is InChI=1S/C15H21NO3/c1-4-12(16-15(17)10-5-6-10)11-7-8-13(18-2)14(9-11)19-3/h7-10,12H,4-6H2,1-3H3,(H,16,17). The first-order chi connectivity index (χ1) is 9.19. The van der Waals surface area contributed by atoms with Crippen molar-refractivity contribution in [2.24, 2.45) is 5.92 Å². The lowest BCUT2D eigenvalue weighted by molar-refractivity contribution is -0.123. The summed E-state index contributed by atoms with van der Waals surface area (Å²) in [6, 6.07) is 5.82. The SMILES string of the molecule is CCC(NC(=O)C1CC1)c1ccc(OC)c(OC)c1. The smallest absolute Gasteiger partial charge is 0.223 e. The number of amides is 1. The summed E-state index contributed by atoms with van der Waals surface area (Å²) in [5.41, 5.74) is 1.05. The summed E-state index contributed by atoms with van der Waals surface area (Å²) in [6.45, 7) is 2.06. The average Bonchev–Trinajstić information content (AvgIpc) is 3.28. The maximum atomic E-state index is 11.9. The number of hydrogen-bond acceptors (Lipinski definition) is 3. The van der Waals surface area contributed by atoms with Crippen LogP contribution < -0.4 is 14.8 Å². The maximum absolute atomic E-state index is 11.9. The van der Waals surface area contributed by atoms with Gasteiger partial charge >= 0.3 is 0 Å². The van der Waals surface area contributed by atoms with Crippen molar-refractivity contribution in [2.75, 3.05) is 14.2 Å². The van der Waals surface area contributed by atoms with Gasteiger partial charge in [0.1, 0.15) is 0 Å². The third kappa shape index (κ3) is 3.19. The molecule has 104 valence electrons. The van der Waals surface area contributed by atoms with Gasteiger partial charge in [0.2, 0.25) is 5.91 Å². The summed E-state index contributed by atoms with van der Waals surface area (Å²) in [7, 11) is 3.23. The zero-order chi connectivity index (χ0) is 13.8. The Morgan fingerprint density at radius 2 is 2.00 bits per heavy atom. The molecule has 1 amide bonds. The van der Waals surface area contributed by atoms with Gasteiger partial charge in [-0.25, -0.2) is 0 Å². The van der Waals surface area contributed by atoms with Crippen LogP contribution in [0, 0.1) is 5.92 Å². The van der Waals surface area contributed by atoms with Crippen LogP contribution in [0.4, 0.5) is 0 Å². The van der Waals surface area contributed by atoms with Crippen LogP contribution in [0.3, 0.4) is 0 Å². The van der Waals surface area contributed by atoms with Crippen LogP contribution in [0.5, 0.6) is 11.5 Å². The lowest BCUT2D eigenvalue weighted by atomic mass is 10.0. The molecule has 1 unspecified atom stereocenters. The molecule has 0 spiro atoms. The highest BCUT2D eigenvalue weighted by Gasteiger charge is 2.31. The lowest BCUT2D eigenvalue weighted by Crippen LogP contribution is -2.29. The van der Waals surface area contributed by atoms with Crippen LogP contribution in [-0.2, 0) is 4.79 Å². The number of nitrogens with one attached hydrogen (secondary N) is 1. The Morgan fingerprint density at radius 1 is 1.32 bits per heavy atom. The van der Waals surface area contributed by atoms with Crippen LogP contribution in [0.2, 0.25) is 0 Å². The highest BCUT2D eigenvalue weighted by Crippen LogP contribution is 2.33. The molecule has 4 heteroatoms. The van der Waals surface area contributed by atoms with E-state index >= 15 is 0 Å². The van der Waals surface area contributed by atoms with Gasteiger partial charge in [-0.2, -0.15) is 0 Å². The largest absolute Gasteiger partial charge is 0.493 e. The first kappa shape index (κ1) is 13.7. The topological polar surface area (TPSA) is 47.6 Å². The first-order valence-corrected chi connectivity index (χ1v) is 6.71. The molecule has 4 nitrogen and oxygen atoms in total. The zero-order valence-corrected chi connectivity index (χ0v) is 11.7.